The molecule has 2 amide bonds. The van der Waals surface area contributed by atoms with Crippen LogP contribution in [-0.4, -0.2) is 62.1 Å². The van der Waals surface area contributed by atoms with Crippen LogP contribution < -0.4 is 4.90 Å². The molecule has 0 radical (unpaired) electrons. The zero-order valence-corrected chi connectivity index (χ0v) is 19.9. The number of sulfone groups is 1. The van der Waals surface area contributed by atoms with Crippen molar-refractivity contribution in [3.63, 3.8) is 0 Å². The number of hydrogen-bond acceptors (Lipinski definition) is 5. The molecule has 162 valence electrons. The van der Waals surface area contributed by atoms with E-state index in [-0.39, 0.29) is 31.2 Å². The van der Waals surface area contributed by atoms with E-state index >= 15 is 0 Å². The molecule has 1 heterocycles. The van der Waals surface area contributed by atoms with Gasteiger partial charge in [-0.25, -0.2) is 17.6 Å². The first-order valence-corrected chi connectivity index (χ1v) is 12.3. The average molecular weight is 540 g/mol. The molecule has 1 aromatic carbocycles. The SMILES string of the molecule is CC(C)(C)OC(=O)N1CC(=O)N(c2cc(I)cc(CF)c2)C[C@@H]1CCS(C)(=O)=O. The van der Waals surface area contributed by atoms with Crippen molar-refractivity contribution in [1.29, 1.82) is 0 Å². The Bertz CT molecular complexity index is 885. The Labute approximate surface area is 184 Å². The molecule has 10 heteroatoms. The van der Waals surface area contributed by atoms with Gasteiger partial charge in [0.05, 0.1) is 11.8 Å². The Kier molecular flexibility index (Phi) is 7.52. The van der Waals surface area contributed by atoms with E-state index in [4.69, 9.17) is 4.74 Å². The number of alkyl halides is 1. The summed E-state index contributed by atoms with van der Waals surface area (Å²) >= 11 is 2.05. The Balaban J connectivity index is 2.32. The maximum atomic E-state index is 13.2. The number of piperazine rings is 1. The van der Waals surface area contributed by atoms with Gasteiger partial charge in [-0.1, -0.05) is 0 Å². The fraction of sp³-hybridized carbons (Fsp3) is 0.579. The van der Waals surface area contributed by atoms with Gasteiger partial charge in [0.1, 0.15) is 28.7 Å². The van der Waals surface area contributed by atoms with Crippen LogP contribution in [0, 0.1) is 3.57 Å². The third kappa shape index (κ3) is 7.09. The predicted octanol–water partition coefficient (Wildman–Crippen LogP) is 3.15. The number of benzene rings is 1. The van der Waals surface area contributed by atoms with Gasteiger partial charge in [0.15, 0.2) is 0 Å². The van der Waals surface area contributed by atoms with Gasteiger partial charge < -0.3 is 9.64 Å². The van der Waals surface area contributed by atoms with Crippen molar-refractivity contribution in [2.45, 2.75) is 45.5 Å². The number of ether oxygens (including phenoxy) is 1. The molecule has 0 spiro atoms. The molecule has 1 aliphatic heterocycles. The summed E-state index contributed by atoms with van der Waals surface area (Å²) in [4.78, 5) is 28.2. The van der Waals surface area contributed by atoms with E-state index in [2.05, 4.69) is 22.6 Å². The number of halogens is 2. The molecule has 1 aromatic rings. The number of amides is 2. The van der Waals surface area contributed by atoms with E-state index in [0.29, 0.717) is 11.3 Å². The highest BCUT2D eigenvalue weighted by molar-refractivity contribution is 14.1. The highest BCUT2D eigenvalue weighted by Gasteiger charge is 2.38. The Hall–Kier alpha value is -1.43. The van der Waals surface area contributed by atoms with E-state index in [1.807, 2.05) is 0 Å². The van der Waals surface area contributed by atoms with Crippen molar-refractivity contribution in [2.24, 2.45) is 0 Å². The molecule has 29 heavy (non-hydrogen) atoms. The van der Waals surface area contributed by atoms with E-state index in [1.54, 1.807) is 39.0 Å². The van der Waals surface area contributed by atoms with Crippen LogP contribution in [-0.2, 0) is 26.0 Å². The van der Waals surface area contributed by atoms with Crippen LogP contribution in [0.3, 0.4) is 0 Å². The normalized spacial score (nSPS) is 18.1. The van der Waals surface area contributed by atoms with Gasteiger partial charge in [-0.15, -0.1) is 0 Å². The summed E-state index contributed by atoms with van der Waals surface area (Å²) in [6.45, 7) is 4.38. The Morgan fingerprint density at radius 3 is 2.52 bits per heavy atom. The average Bonchev–Trinajstić information content (AvgIpc) is 2.57. The lowest BCUT2D eigenvalue weighted by Gasteiger charge is -2.41. The van der Waals surface area contributed by atoms with Gasteiger partial charge in [0.25, 0.3) is 0 Å². The summed E-state index contributed by atoms with van der Waals surface area (Å²) in [7, 11) is -3.25. The van der Waals surface area contributed by atoms with Crippen molar-refractivity contribution in [1.82, 2.24) is 4.90 Å². The van der Waals surface area contributed by atoms with Gasteiger partial charge >= 0.3 is 6.09 Å². The van der Waals surface area contributed by atoms with Gasteiger partial charge in [0.2, 0.25) is 5.91 Å². The second kappa shape index (κ2) is 9.15. The fourth-order valence-corrected chi connectivity index (χ4v) is 4.44. The largest absolute Gasteiger partial charge is 0.444 e. The molecule has 0 unspecified atom stereocenters. The first-order valence-electron chi connectivity index (χ1n) is 9.12. The highest BCUT2D eigenvalue weighted by Crippen LogP contribution is 2.26. The standard InChI is InChI=1S/C19H26FIN2O5S/c1-19(2,3)28-18(25)23-12-17(24)22(11-15(23)5-6-29(4,26)27)16-8-13(10-20)7-14(21)9-16/h7-9,15H,5-6,10-12H2,1-4H3/t15-/m0/s1. The van der Waals surface area contributed by atoms with Gasteiger partial charge in [-0.05, 0) is 73.5 Å². The summed E-state index contributed by atoms with van der Waals surface area (Å²) in [6, 6.07) is 4.50. The van der Waals surface area contributed by atoms with Crippen LogP contribution in [0.2, 0.25) is 0 Å². The van der Waals surface area contributed by atoms with Crippen LogP contribution in [0.25, 0.3) is 0 Å². The predicted molar refractivity (Wildman–Crippen MR) is 117 cm³/mol. The minimum absolute atomic E-state index is 0.111. The van der Waals surface area contributed by atoms with E-state index in [1.165, 1.54) is 9.80 Å². The van der Waals surface area contributed by atoms with Crippen LogP contribution in [0.4, 0.5) is 14.9 Å². The summed E-state index contributed by atoms with van der Waals surface area (Å²) < 4.78 is 42.7. The zero-order valence-electron chi connectivity index (χ0n) is 16.9. The van der Waals surface area contributed by atoms with E-state index in [0.717, 1.165) is 9.83 Å². The summed E-state index contributed by atoms with van der Waals surface area (Å²) in [5, 5.41) is 0. The number of anilines is 1. The van der Waals surface area contributed by atoms with Crippen molar-refractivity contribution in [2.75, 3.05) is 30.0 Å². The van der Waals surface area contributed by atoms with Gasteiger partial charge in [0, 0.05) is 22.1 Å². The van der Waals surface area contributed by atoms with Gasteiger partial charge in [-0.3, -0.25) is 9.69 Å². The number of carbonyl (C=O) groups excluding carboxylic acids is 2. The minimum Gasteiger partial charge on any atom is -0.444 e. The molecule has 2 rings (SSSR count). The smallest absolute Gasteiger partial charge is 0.411 e. The molecule has 0 aromatic heterocycles. The van der Waals surface area contributed by atoms with Crippen LogP contribution in [0.5, 0.6) is 0 Å². The number of carbonyl (C=O) groups is 2. The zero-order chi connectivity index (χ0) is 22.0. The lowest BCUT2D eigenvalue weighted by atomic mass is 10.1. The summed E-state index contributed by atoms with van der Waals surface area (Å²) in [6.07, 6.45) is 0.641. The van der Waals surface area contributed by atoms with Crippen molar-refractivity contribution >= 4 is 50.1 Å². The van der Waals surface area contributed by atoms with E-state index in [9.17, 15) is 22.4 Å². The second-order valence-electron chi connectivity index (χ2n) is 8.14. The van der Waals surface area contributed by atoms with E-state index < -0.39 is 34.2 Å². The van der Waals surface area contributed by atoms with Crippen LogP contribution >= 0.6 is 22.6 Å². The van der Waals surface area contributed by atoms with Gasteiger partial charge in [-0.2, -0.15) is 0 Å². The topological polar surface area (TPSA) is 84.0 Å². The number of hydrogen-bond donors (Lipinski definition) is 0. The van der Waals surface area contributed by atoms with Crippen molar-refractivity contribution in [3.05, 3.63) is 27.3 Å². The van der Waals surface area contributed by atoms with Crippen LogP contribution in [0.15, 0.2) is 18.2 Å². The van der Waals surface area contributed by atoms with Crippen molar-refractivity contribution < 1.29 is 27.1 Å². The van der Waals surface area contributed by atoms with Crippen LogP contribution in [0.1, 0.15) is 32.8 Å². The quantitative estimate of drug-likeness (QED) is 0.536. The third-order valence-corrected chi connectivity index (χ3v) is 5.90. The first kappa shape index (κ1) is 23.8. The lowest BCUT2D eigenvalue weighted by Crippen LogP contribution is -2.59. The first-order chi connectivity index (χ1) is 13.3. The molecule has 1 atom stereocenters. The monoisotopic (exact) mass is 540 g/mol. The lowest BCUT2D eigenvalue weighted by molar-refractivity contribution is -0.122. The maximum absolute atomic E-state index is 13.2. The molecular weight excluding hydrogens is 514 g/mol. The second-order valence-corrected chi connectivity index (χ2v) is 11.6. The fourth-order valence-electron chi connectivity index (χ4n) is 3.02. The summed E-state index contributed by atoms with van der Waals surface area (Å²) in [5.41, 5.74) is 0.231. The number of nitrogens with zero attached hydrogens (tertiary/aromatic N) is 2. The third-order valence-electron chi connectivity index (χ3n) is 4.30. The molecule has 1 saturated heterocycles. The molecule has 0 bridgehead atoms. The highest BCUT2D eigenvalue weighted by atomic mass is 127. The molecular formula is C19H26FIN2O5S. The molecule has 1 fully saturated rings. The Morgan fingerprint density at radius 1 is 1.31 bits per heavy atom. The maximum Gasteiger partial charge on any atom is 0.411 e. The molecule has 1 aliphatic rings. The molecule has 7 nitrogen and oxygen atoms in total. The Morgan fingerprint density at radius 2 is 1.97 bits per heavy atom. The van der Waals surface area contributed by atoms with Crippen molar-refractivity contribution in [3.8, 4) is 0 Å². The molecule has 0 saturated carbocycles. The minimum atomic E-state index is -3.25. The molecule has 0 N–H and O–H groups in total. The summed E-state index contributed by atoms with van der Waals surface area (Å²) in [5.74, 6) is -0.459. The molecule has 0 aliphatic carbocycles. The number of rotatable bonds is 5.